The Morgan fingerprint density at radius 1 is 1.31 bits per heavy atom. The molecule has 1 aliphatic carbocycles. The Hall–Kier alpha value is -0.370. The van der Waals surface area contributed by atoms with Crippen LogP contribution in [0.4, 0.5) is 0 Å². The molecule has 2 atom stereocenters. The maximum Gasteiger partial charge on any atom is 0.136 e. The molecule has 2 nitrogen and oxygen atoms in total. The van der Waals surface area contributed by atoms with Gasteiger partial charge in [-0.15, -0.1) is 0 Å². The predicted octanol–water partition coefficient (Wildman–Crippen LogP) is 2.31. The van der Waals surface area contributed by atoms with Gasteiger partial charge in [0.2, 0.25) is 0 Å². The monoisotopic (exact) mass is 182 g/mol. The van der Waals surface area contributed by atoms with Gasteiger partial charge in [-0.25, -0.2) is 0 Å². The van der Waals surface area contributed by atoms with Crippen molar-refractivity contribution in [3.63, 3.8) is 0 Å². The van der Waals surface area contributed by atoms with Crippen molar-refractivity contribution in [3.8, 4) is 0 Å². The molecule has 2 fully saturated rings. The summed E-state index contributed by atoms with van der Waals surface area (Å²) in [5.74, 6) is 0.905. The molecule has 74 valence electrons. The Balaban J connectivity index is 1.64. The van der Waals surface area contributed by atoms with E-state index in [2.05, 4.69) is 6.92 Å². The Morgan fingerprint density at radius 3 is 2.62 bits per heavy atom. The molecule has 2 heteroatoms. The van der Waals surface area contributed by atoms with E-state index in [1.165, 1.54) is 6.42 Å². The van der Waals surface area contributed by atoms with Gasteiger partial charge in [-0.05, 0) is 39.0 Å². The minimum atomic E-state index is 0.373. The van der Waals surface area contributed by atoms with Crippen LogP contribution in [0.15, 0.2) is 0 Å². The Labute approximate surface area is 79.7 Å². The molecule has 2 unspecified atom stereocenters. The molecule has 0 bridgehead atoms. The van der Waals surface area contributed by atoms with Gasteiger partial charge in [0, 0.05) is 12.3 Å². The van der Waals surface area contributed by atoms with Crippen molar-refractivity contribution in [2.75, 3.05) is 0 Å². The van der Waals surface area contributed by atoms with Gasteiger partial charge in [-0.1, -0.05) is 0 Å². The molecule has 2 aliphatic rings. The number of hydrogen-bond donors (Lipinski definition) is 0. The third-order valence-corrected chi connectivity index (χ3v) is 3.07. The lowest BCUT2D eigenvalue weighted by Gasteiger charge is -2.09. The van der Waals surface area contributed by atoms with Crippen molar-refractivity contribution in [2.45, 2.75) is 57.7 Å². The van der Waals surface area contributed by atoms with E-state index < -0.39 is 0 Å². The minimum Gasteiger partial charge on any atom is -0.375 e. The highest BCUT2D eigenvalue weighted by Gasteiger charge is 2.30. The molecule has 0 spiro atoms. The van der Waals surface area contributed by atoms with E-state index >= 15 is 0 Å². The summed E-state index contributed by atoms with van der Waals surface area (Å²) in [5, 5.41) is 0. The zero-order valence-electron chi connectivity index (χ0n) is 8.29. The van der Waals surface area contributed by atoms with Gasteiger partial charge in [0.25, 0.3) is 0 Å². The molecular formula is C11H18O2. The maximum atomic E-state index is 11.4. The van der Waals surface area contributed by atoms with Crippen LogP contribution < -0.4 is 0 Å². The lowest BCUT2D eigenvalue weighted by molar-refractivity contribution is -0.120. The maximum absolute atomic E-state index is 11.4. The van der Waals surface area contributed by atoms with Gasteiger partial charge in [0.05, 0.1) is 12.2 Å². The van der Waals surface area contributed by atoms with Crippen LogP contribution in [0.1, 0.15) is 45.4 Å². The number of ketones is 1. The molecule has 0 amide bonds. The van der Waals surface area contributed by atoms with E-state index in [9.17, 15) is 4.79 Å². The van der Waals surface area contributed by atoms with Crippen LogP contribution in [0, 0.1) is 5.92 Å². The van der Waals surface area contributed by atoms with E-state index in [-0.39, 0.29) is 0 Å². The van der Waals surface area contributed by atoms with Crippen LogP contribution in [-0.2, 0) is 9.53 Å². The number of carbonyl (C=O) groups is 1. The van der Waals surface area contributed by atoms with Crippen LogP contribution in [0.2, 0.25) is 0 Å². The van der Waals surface area contributed by atoms with Crippen LogP contribution in [0.25, 0.3) is 0 Å². The molecule has 0 aromatic rings. The first-order chi connectivity index (χ1) is 6.25. The van der Waals surface area contributed by atoms with Crippen molar-refractivity contribution < 1.29 is 9.53 Å². The first-order valence-electron chi connectivity index (χ1n) is 5.44. The van der Waals surface area contributed by atoms with Crippen molar-refractivity contribution in [3.05, 3.63) is 0 Å². The van der Waals surface area contributed by atoms with Gasteiger partial charge >= 0.3 is 0 Å². The summed E-state index contributed by atoms with van der Waals surface area (Å²) in [7, 11) is 0. The predicted molar refractivity (Wildman–Crippen MR) is 50.5 cm³/mol. The van der Waals surface area contributed by atoms with Crippen LogP contribution in [0.3, 0.4) is 0 Å². The highest BCUT2D eigenvalue weighted by molar-refractivity contribution is 5.83. The lowest BCUT2D eigenvalue weighted by atomic mass is 10.1. The summed E-state index contributed by atoms with van der Waals surface area (Å²) in [6, 6.07) is 0. The highest BCUT2D eigenvalue weighted by atomic mass is 16.5. The van der Waals surface area contributed by atoms with Gasteiger partial charge in [0.15, 0.2) is 0 Å². The van der Waals surface area contributed by atoms with Crippen molar-refractivity contribution in [1.82, 2.24) is 0 Å². The second-order valence-corrected chi connectivity index (χ2v) is 4.43. The lowest BCUT2D eigenvalue weighted by Crippen LogP contribution is -2.11. The molecule has 13 heavy (non-hydrogen) atoms. The Bertz CT molecular complexity index is 196. The van der Waals surface area contributed by atoms with Crippen LogP contribution >= 0.6 is 0 Å². The molecule has 1 aliphatic heterocycles. The third kappa shape index (κ3) is 2.53. The first kappa shape index (κ1) is 9.20. The molecule has 0 N–H and O–H groups in total. The van der Waals surface area contributed by atoms with Gasteiger partial charge in [0.1, 0.15) is 5.78 Å². The summed E-state index contributed by atoms with van der Waals surface area (Å²) < 4.78 is 5.66. The molecule has 0 aromatic heterocycles. The molecule has 1 heterocycles. The molecule has 1 saturated carbocycles. The smallest absolute Gasteiger partial charge is 0.136 e. The number of rotatable bonds is 4. The number of carbonyl (C=O) groups excluding carboxylic acids is 1. The fraction of sp³-hybridized carbons (Fsp3) is 0.909. The highest BCUT2D eigenvalue weighted by Crippen LogP contribution is 2.32. The summed E-state index contributed by atoms with van der Waals surface area (Å²) in [4.78, 5) is 11.4. The van der Waals surface area contributed by atoms with E-state index in [4.69, 9.17) is 4.74 Å². The van der Waals surface area contributed by atoms with E-state index in [0.29, 0.717) is 23.9 Å². The second-order valence-electron chi connectivity index (χ2n) is 4.43. The summed E-state index contributed by atoms with van der Waals surface area (Å²) in [6.45, 7) is 2.11. The molecule has 1 saturated heterocycles. The summed E-state index contributed by atoms with van der Waals surface area (Å²) in [6.07, 6.45) is 7.10. The Morgan fingerprint density at radius 2 is 2.08 bits per heavy atom. The van der Waals surface area contributed by atoms with E-state index in [0.717, 1.165) is 32.1 Å². The molecule has 2 rings (SSSR count). The zero-order chi connectivity index (χ0) is 9.26. The second kappa shape index (κ2) is 3.79. The topological polar surface area (TPSA) is 26.3 Å². The van der Waals surface area contributed by atoms with Crippen LogP contribution in [-0.4, -0.2) is 18.0 Å². The van der Waals surface area contributed by atoms with Crippen LogP contribution in [0.5, 0.6) is 0 Å². The molecule has 0 aromatic carbocycles. The van der Waals surface area contributed by atoms with Crippen molar-refractivity contribution in [2.24, 2.45) is 5.92 Å². The number of ether oxygens (including phenoxy) is 1. The minimum absolute atomic E-state index is 0.373. The number of Topliss-reactive ketones (excluding diaryl/α,β-unsaturated/α-hetero) is 1. The average molecular weight is 182 g/mol. The van der Waals surface area contributed by atoms with Gasteiger partial charge in [-0.2, -0.15) is 0 Å². The normalized spacial score (nSPS) is 33.6. The summed E-state index contributed by atoms with van der Waals surface area (Å²) in [5.41, 5.74) is 0. The van der Waals surface area contributed by atoms with Crippen molar-refractivity contribution >= 4 is 5.78 Å². The third-order valence-electron chi connectivity index (χ3n) is 3.07. The Kier molecular flexibility index (Phi) is 2.68. The van der Waals surface area contributed by atoms with Gasteiger partial charge in [-0.3, -0.25) is 4.79 Å². The average Bonchev–Trinajstić information content (AvgIpc) is 2.87. The fourth-order valence-corrected chi connectivity index (χ4v) is 2.01. The van der Waals surface area contributed by atoms with E-state index in [1.54, 1.807) is 0 Å². The first-order valence-corrected chi connectivity index (χ1v) is 5.44. The fourth-order valence-electron chi connectivity index (χ4n) is 2.01. The zero-order valence-corrected chi connectivity index (χ0v) is 8.29. The standard InChI is InChI=1S/C11H18O2/c1-8-2-5-10(13-8)6-7-11(12)9-3-4-9/h8-10H,2-7H2,1H3. The van der Waals surface area contributed by atoms with Gasteiger partial charge < -0.3 is 4.74 Å². The largest absolute Gasteiger partial charge is 0.375 e. The summed E-state index contributed by atoms with van der Waals surface area (Å²) >= 11 is 0. The molecular weight excluding hydrogens is 164 g/mol. The van der Waals surface area contributed by atoms with Crippen molar-refractivity contribution in [1.29, 1.82) is 0 Å². The number of hydrogen-bond acceptors (Lipinski definition) is 2. The van der Waals surface area contributed by atoms with E-state index in [1.807, 2.05) is 0 Å². The SMILES string of the molecule is CC1CCC(CCC(=O)C2CC2)O1. The quantitative estimate of drug-likeness (QED) is 0.667. The molecule has 0 radical (unpaired) electrons.